The Morgan fingerprint density at radius 2 is 2.21 bits per heavy atom. The van der Waals surface area contributed by atoms with Crippen molar-refractivity contribution < 1.29 is 14.7 Å². The molecule has 0 aromatic heterocycles. The number of carbonyl (C=O) groups excluding carboxylic acids is 2. The van der Waals surface area contributed by atoms with Gasteiger partial charge in [-0.3, -0.25) is 9.59 Å². The number of phenols is 1. The van der Waals surface area contributed by atoms with Crippen molar-refractivity contribution in [3.63, 3.8) is 0 Å². The number of nitrogens with zero attached hydrogens (tertiary/aromatic N) is 1. The van der Waals surface area contributed by atoms with Gasteiger partial charge < -0.3 is 5.11 Å². The number of nitriles is 1. The van der Waals surface area contributed by atoms with Crippen LogP contribution in [-0.4, -0.2) is 17.2 Å². The van der Waals surface area contributed by atoms with E-state index in [1.54, 1.807) is 6.07 Å². The predicted molar refractivity (Wildman–Crippen MR) is 48.2 cm³/mol. The zero-order valence-electron chi connectivity index (χ0n) is 7.44. The molecule has 14 heavy (non-hydrogen) atoms. The fourth-order valence-corrected chi connectivity index (χ4v) is 1.06. The van der Waals surface area contributed by atoms with Crippen LogP contribution >= 0.6 is 0 Å². The summed E-state index contributed by atoms with van der Waals surface area (Å²) in [4.78, 5) is 21.4. The normalized spacial score (nSPS) is 9.14. The van der Waals surface area contributed by atoms with Gasteiger partial charge in [-0.25, -0.2) is 0 Å². The fraction of sp³-hybridized carbons (Fsp3) is 0.100. The Morgan fingerprint density at radius 3 is 2.64 bits per heavy atom. The Balaban J connectivity index is 3.48. The molecule has 1 rings (SSSR count). The van der Waals surface area contributed by atoms with Crippen molar-refractivity contribution in [2.45, 2.75) is 6.92 Å². The summed E-state index contributed by atoms with van der Waals surface area (Å²) in [5, 5.41) is 18.0. The van der Waals surface area contributed by atoms with E-state index in [9.17, 15) is 14.7 Å². The predicted octanol–water partition coefficient (Wildman–Crippen LogP) is 1.28. The van der Waals surface area contributed by atoms with Crippen LogP contribution in [0.4, 0.5) is 0 Å². The van der Waals surface area contributed by atoms with Gasteiger partial charge in [0.1, 0.15) is 11.8 Å². The van der Waals surface area contributed by atoms with E-state index >= 15 is 0 Å². The molecule has 0 atom stereocenters. The minimum Gasteiger partial charge on any atom is -0.507 e. The molecule has 0 heterocycles. The van der Waals surface area contributed by atoms with Gasteiger partial charge >= 0.3 is 0 Å². The van der Waals surface area contributed by atoms with Gasteiger partial charge in [-0.15, -0.1) is 0 Å². The van der Waals surface area contributed by atoms with Crippen LogP contribution in [0.2, 0.25) is 0 Å². The number of aldehydes is 1. The lowest BCUT2D eigenvalue weighted by atomic mass is 10.0. The minimum atomic E-state index is -0.343. The smallest absolute Gasteiger partial charge is 0.159 e. The lowest BCUT2D eigenvalue weighted by Crippen LogP contribution is -1.96. The largest absolute Gasteiger partial charge is 0.507 e. The summed E-state index contributed by atoms with van der Waals surface area (Å²) < 4.78 is 0. The lowest BCUT2D eigenvalue weighted by Gasteiger charge is -2.02. The van der Waals surface area contributed by atoms with Gasteiger partial charge in [0, 0.05) is 5.56 Å². The highest BCUT2D eigenvalue weighted by atomic mass is 16.3. The lowest BCUT2D eigenvalue weighted by molar-refractivity contribution is 0.101. The minimum absolute atomic E-state index is 0.00481. The van der Waals surface area contributed by atoms with E-state index in [1.165, 1.54) is 19.1 Å². The number of carbonyl (C=O) groups is 2. The van der Waals surface area contributed by atoms with Crippen molar-refractivity contribution in [1.82, 2.24) is 0 Å². The Hall–Kier alpha value is -2.15. The molecule has 0 aliphatic rings. The number of benzene rings is 1. The molecular formula is C10H7NO3. The Kier molecular flexibility index (Phi) is 2.63. The molecule has 70 valence electrons. The molecule has 1 aromatic carbocycles. The average Bonchev–Trinajstić information content (AvgIpc) is 2.16. The zero-order valence-corrected chi connectivity index (χ0v) is 7.44. The topological polar surface area (TPSA) is 78.2 Å². The van der Waals surface area contributed by atoms with Gasteiger partial charge in [0.2, 0.25) is 0 Å². The van der Waals surface area contributed by atoms with Gasteiger partial charge in [-0.2, -0.15) is 5.26 Å². The highest BCUT2D eigenvalue weighted by Gasteiger charge is 2.11. The van der Waals surface area contributed by atoms with Crippen LogP contribution in [0.15, 0.2) is 12.1 Å². The number of ketones is 1. The molecule has 1 aromatic rings. The molecule has 0 saturated carbocycles. The molecule has 0 saturated heterocycles. The van der Waals surface area contributed by atoms with E-state index in [2.05, 4.69) is 0 Å². The molecule has 4 nitrogen and oxygen atoms in total. The standard InChI is InChI=1S/C10H7NO3/c1-6(13)7-2-8(4-11)9(5-12)10(14)3-7/h2-3,5,14H,1H3. The number of hydrogen-bond donors (Lipinski definition) is 1. The van der Waals surface area contributed by atoms with E-state index in [0.717, 1.165) is 0 Å². The van der Waals surface area contributed by atoms with Crippen molar-refractivity contribution in [3.05, 3.63) is 28.8 Å². The average molecular weight is 189 g/mol. The third kappa shape index (κ3) is 1.62. The summed E-state index contributed by atoms with van der Waals surface area (Å²) in [6.07, 6.45) is 0.387. The molecule has 0 unspecified atom stereocenters. The Bertz CT molecular complexity index is 443. The van der Waals surface area contributed by atoms with Gasteiger partial charge in [0.05, 0.1) is 11.1 Å². The number of hydrogen-bond acceptors (Lipinski definition) is 4. The van der Waals surface area contributed by atoms with Crippen LogP contribution in [0, 0.1) is 11.3 Å². The first kappa shape index (κ1) is 9.93. The summed E-state index contributed by atoms with van der Waals surface area (Å²) in [7, 11) is 0. The highest BCUT2D eigenvalue weighted by Crippen LogP contribution is 2.21. The van der Waals surface area contributed by atoms with Crippen LogP contribution < -0.4 is 0 Å². The van der Waals surface area contributed by atoms with E-state index in [0.29, 0.717) is 6.29 Å². The van der Waals surface area contributed by atoms with Crippen LogP contribution in [0.5, 0.6) is 5.75 Å². The zero-order chi connectivity index (χ0) is 10.7. The molecule has 0 aliphatic carbocycles. The summed E-state index contributed by atoms with van der Waals surface area (Å²) in [5.41, 5.74) is 0.132. The summed E-state index contributed by atoms with van der Waals surface area (Å²) >= 11 is 0. The van der Waals surface area contributed by atoms with Crippen molar-refractivity contribution >= 4 is 12.1 Å². The number of aromatic hydroxyl groups is 1. The number of phenolic OH excluding ortho intramolecular Hbond substituents is 1. The van der Waals surface area contributed by atoms with E-state index in [-0.39, 0.29) is 28.2 Å². The van der Waals surface area contributed by atoms with Gasteiger partial charge in [-0.05, 0) is 19.1 Å². The van der Waals surface area contributed by atoms with Gasteiger partial charge in [-0.1, -0.05) is 0 Å². The molecule has 0 bridgehead atoms. The summed E-state index contributed by atoms with van der Waals surface area (Å²) in [6.45, 7) is 1.32. The van der Waals surface area contributed by atoms with Crippen molar-refractivity contribution in [3.8, 4) is 11.8 Å². The van der Waals surface area contributed by atoms with Crippen molar-refractivity contribution in [2.24, 2.45) is 0 Å². The van der Waals surface area contributed by atoms with Crippen LogP contribution in [0.1, 0.15) is 33.2 Å². The maximum absolute atomic E-state index is 11.0. The quantitative estimate of drug-likeness (QED) is 0.561. The monoisotopic (exact) mass is 189 g/mol. The molecular weight excluding hydrogens is 182 g/mol. The second kappa shape index (κ2) is 3.71. The van der Waals surface area contributed by atoms with E-state index in [1.807, 2.05) is 0 Å². The van der Waals surface area contributed by atoms with Crippen LogP contribution in [0.25, 0.3) is 0 Å². The first-order valence-corrected chi connectivity index (χ1v) is 3.83. The van der Waals surface area contributed by atoms with Crippen LogP contribution in [0.3, 0.4) is 0 Å². The third-order valence-electron chi connectivity index (χ3n) is 1.80. The Labute approximate surface area is 80.4 Å². The SMILES string of the molecule is CC(=O)c1cc(O)c(C=O)c(C#N)c1. The molecule has 0 amide bonds. The number of Topliss-reactive ketones (excluding diaryl/α,β-unsaturated/α-hetero) is 1. The number of rotatable bonds is 2. The second-order valence-electron chi connectivity index (χ2n) is 2.74. The van der Waals surface area contributed by atoms with E-state index < -0.39 is 0 Å². The van der Waals surface area contributed by atoms with Crippen molar-refractivity contribution in [1.29, 1.82) is 5.26 Å². The highest BCUT2D eigenvalue weighted by molar-refractivity contribution is 5.96. The van der Waals surface area contributed by atoms with Gasteiger partial charge in [0.25, 0.3) is 0 Å². The van der Waals surface area contributed by atoms with E-state index in [4.69, 9.17) is 5.26 Å². The second-order valence-corrected chi connectivity index (χ2v) is 2.74. The Morgan fingerprint density at radius 1 is 1.57 bits per heavy atom. The third-order valence-corrected chi connectivity index (χ3v) is 1.80. The maximum atomic E-state index is 11.0. The first-order chi connectivity index (χ1) is 6.60. The summed E-state index contributed by atoms with van der Waals surface area (Å²) in [6, 6.07) is 4.20. The first-order valence-electron chi connectivity index (χ1n) is 3.83. The maximum Gasteiger partial charge on any atom is 0.159 e. The van der Waals surface area contributed by atoms with Gasteiger partial charge in [0.15, 0.2) is 12.1 Å². The van der Waals surface area contributed by atoms with Crippen molar-refractivity contribution in [2.75, 3.05) is 0 Å². The molecule has 4 heteroatoms. The molecule has 0 fully saturated rings. The van der Waals surface area contributed by atoms with Crippen LogP contribution in [-0.2, 0) is 0 Å². The molecule has 0 radical (unpaired) electrons. The fourth-order valence-electron chi connectivity index (χ4n) is 1.06. The summed E-state index contributed by atoms with van der Waals surface area (Å²) in [5.74, 6) is -0.613. The molecule has 1 N–H and O–H groups in total. The molecule has 0 spiro atoms. The molecule has 0 aliphatic heterocycles.